The van der Waals surface area contributed by atoms with Crippen molar-refractivity contribution >= 4 is 85.8 Å². The highest BCUT2D eigenvalue weighted by molar-refractivity contribution is 14.1. The van der Waals surface area contributed by atoms with Gasteiger partial charge in [0.15, 0.2) is 11.8 Å². The molecule has 3 rings (SSSR count). The number of nitrogens with one attached hydrogen (secondary N) is 1. The summed E-state index contributed by atoms with van der Waals surface area (Å²) < 4.78 is 6.89. The number of aryl methyl sites for hydroxylation is 1. The third kappa shape index (κ3) is 5.51. The molecule has 150 valence electrons. The average molecular weight is 634 g/mol. The molecular formula is C20H16I2N2O4S. The second-order valence-corrected chi connectivity index (χ2v) is 9.55. The van der Waals surface area contributed by atoms with Crippen molar-refractivity contribution in [1.82, 2.24) is 5.32 Å². The molecule has 29 heavy (non-hydrogen) atoms. The van der Waals surface area contributed by atoms with Crippen LogP contribution >= 0.6 is 56.9 Å². The van der Waals surface area contributed by atoms with Gasteiger partial charge in [-0.2, -0.15) is 0 Å². The third-order valence-corrected chi connectivity index (χ3v) is 6.62. The number of hydrogen-bond donors (Lipinski definition) is 2. The van der Waals surface area contributed by atoms with Crippen LogP contribution in [0.5, 0.6) is 5.75 Å². The van der Waals surface area contributed by atoms with Gasteiger partial charge < -0.3 is 15.2 Å². The normalized spacial score (nSPS) is 16.3. The monoisotopic (exact) mass is 634 g/mol. The molecule has 1 aliphatic heterocycles. The molecule has 1 saturated heterocycles. The predicted octanol–water partition coefficient (Wildman–Crippen LogP) is 4.87. The first-order valence-electron chi connectivity index (χ1n) is 8.44. The molecule has 0 aromatic heterocycles. The maximum Gasteiger partial charge on any atom is 0.341 e. The Morgan fingerprint density at radius 2 is 1.97 bits per heavy atom. The molecule has 0 radical (unpaired) electrons. The lowest BCUT2D eigenvalue weighted by molar-refractivity contribution is -0.139. The van der Waals surface area contributed by atoms with Gasteiger partial charge in [-0.3, -0.25) is 4.79 Å². The Kier molecular flexibility index (Phi) is 7.22. The summed E-state index contributed by atoms with van der Waals surface area (Å²) in [6.07, 6.45) is 1.79. The van der Waals surface area contributed by atoms with Gasteiger partial charge in [0.05, 0.1) is 17.7 Å². The molecule has 1 aliphatic rings. The molecule has 0 unspecified atom stereocenters. The van der Waals surface area contributed by atoms with E-state index >= 15 is 0 Å². The summed E-state index contributed by atoms with van der Waals surface area (Å²) in [5.74, 6) is -0.704. The SMILES string of the molecule is Cc1cccc(N=C2NC(=O)/C(=C/c3cc(I)c(OCC(=O)O)c(I)c3)S2)c1C. The number of carboxylic acid groups (broad SMARTS) is 1. The van der Waals surface area contributed by atoms with Gasteiger partial charge in [0.1, 0.15) is 5.75 Å². The summed E-state index contributed by atoms with van der Waals surface area (Å²) in [5.41, 5.74) is 3.88. The number of carboxylic acids is 1. The molecule has 0 spiro atoms. The van der Waals surface area contributed by atoms with E-state index < -0.39 is 12.6 Å². The van der Waals surface area contributed by atoms with E-state index in [4.69, 9.17) is 9.84 Å². The number of aliphatic carboxylic acids is 1. The number of carbonyl (C=O) groups is 2. The highest BCUT2D eigenvalue weighted by Crippen LogP contribution is 2.33. The highest BCUT2D eigenvalue weighted by Gasteiger charge is 2.24. The lowest BCUT2D eigenvalue weighted by atomic mass is 10.1. The Bertz CT molecular complexity index is 1040. The molecule has 0 bridgehead atoms. The number of halogens is 2. The van der Waals surface area contributed by atoms with Crippen molar-refractivity contribution in [1.29, 1.82) is 0 Å². The van der Waals surface area contributed by atoms with Crippen molar-refractivity contribution < 1.29 is 19.4 Å². The summed E-state index contributed by atoms with van der Waals surface area (Å²) in [5, 5.41) is 12.1. The smallest absolute Gasteiger partial charge is 0.341 e. The molecule has 1 heterocycles. The van der Waals surface area contributed by atoms with Gasteiger partial charge in [-0.25, -0.2) is 9.79 Å². The van der Waals surface area contributed by atoms with E-state index in [2.05, 4.69) is 55.5 Å². The zero-order chi connectivity index (χ0) is 21.1. The van der Waals surface area contributed by atoms with Crippen LogP contribution < -0.4 is 10.1 Å². The summed E-state index contributed by atoms with van der Waals surface area (Å²) >= 11 is 5.48. The van der Waals surface area contributed by atoms with Crippen molar-refractivity contribution in [2.24, 2.45) is 4.99 Å². The Morgan fingerprint density at radius 3 is 2.62 bits per heavy atom. The summed E-state index contributed by atoms with van der Waals surface area (Å²) in [4.78, 5) is 28.2. The molecule has 1 amide bonds. The molecule has 0 atom stereocenters. The van der Waals surface area contributed by atoms with Crippen molar-refractivity contribution in [2.75, 3.05) is 6.61 Å². The lowest BCUT2D eigenvalue weighted by Gasteiger charge is -2.09. The molecular weight excluding hydrogens is 618 g/mol. The quantitative estimate of drug-likeness (QED) is 0.363. The largest absolute Gasteiger partial charge is 0.480 e. The van der Waals surface area contributed by atoms with Crippen LogP contribution in [0.25, 0.3) is 6.08 Å². The van der Waals surface area contributed by atoms with Crippen LogP contribution in [-0.4, -0.2) is 28.8 Å². The number of amides is 1. The third-order valence-electron chi connectivity index (χ3n) is 4.11. The lowest BCUT2D eigenvalue weighted by Crippen LogP contribution is -2.19. The van der Waals surface area contributed by atoms with Crippen LogP contribution in [-0.2, 0) is 9.59 Å². The fourth-order valence-electron chi connectivity index (χ4n) is 2.53. The summed E-state index contributed by atoms with van der Waals surface area (Å²) in [6, 6.07) is 9.58. The zero-order valence-electron chi connectivity index (χ0n) is 15.5. The number of hydrogen-bond acceptors (Lipinski definition) is 5. The van der Waals surface area contributed by atoms with E-state index in [0.29, 0.717) is 15.8 Å². The molecule has 0 saturated carbocycles. The molecule has 2 aromatic rings. The van der Waals surface area contributed by atoms with Crippen LogP contribution in [0.4, 0.5) is 5.69 Å². The molecule has 0 aliphatic carbocycles. The first kappa shape index (κ1) is 22.1. The first-order chi connectivity index (χ1) is 13.7. The number of ether oxygens (including phenoxy) is 1. The second-order valence-electron chi connectivity index (χ2n) is 6.20. The fourth-order valence-corrected chi connectivity index (χ4v) is 5.50. The molecule has 2 aromatic carbocycles. The van der Waals surface area contributed by atoms with E-state index in [1.807, 2.05) is 44.2 Å². The van der Waals surface area contributed by atoms with Crippen molar-refractivity contribution in [3.05, 3.63) is 59.1 Å². The minimum atomic E-state index is -1.03. The van der Waals surface area contributed by atoms with Gasteiger partial charge in [0.25, 0.3) is 5.91 Å². The molecule has 1 fully saturated rings. The number of carbonyl (C=O) groups excluding carboxylic acids is 1. The van der Waals surface area contributed by atoms with Gasteiger partial charge >= 0.3 is 5.97 Å². The summed E-state index contributed by atoms with van der Waals surface area (Å²) in [7, 11) is 0. The Hall–Kier alpha value is -1.60. The maximum atomic E-state index is 12.4. The molecule has 2 N–H and O–H groups in total. The Labute approximate surface area is 199 Å². The average Bonchev–Trinajstić information content (AvgIpc) is 2.97. The number of nitrogens with zero attached hydrogens (tertiary/aromatic N) is 1. The topological polar surface area (TPSA) is 88.0 Å². The Balaban J connectivity index is 1.84. The second kappa shape index (κ2) is 9.47. The van der Waals surface area contributed by atoms with Gasteiger partial charge in [0.2, 0.25) is 0 Å². The van der Waals surface area contributed by atoms with Crippen LogP contribution in [0.3, 0.4) is 0 Å². The van der Waals surface area contributed by atoms with E-state index in [-0.39, 0.29) is 5.91 Å². The fraction of sp³-hybridized carbons (Fsp3) is 0.150. The molecule has 6 nitrogen and oxygen atoms in total. The Morgan fingerprint density at radius 1 is 1.28 bits per heavy atom. The number of benzene rings is 2. The minimum Gasteiger partial charge on any atom is -0.480 e. The van der Waals surface area contributed by atoms with Crippen molar-refractivity contribution in [3.63, 3.8) is 0 Å². The van der Waals surface area contributed by atoms with Crippen molar-refractivity contribution in [2.45, 2.75) is 13.8 Å². The highest BCUT2D eigenvalue weighted by atomic mass is 127. The van der Waals surface area contributed by atoms with Gasteiger partial charge in [-0.15, -0.1) is 0 Å². The predicted molar refractivity (Wildman–Crippen MR) is 132 cm³/mol. The number of rotatable bonds is 5. The van der Waals surface area contributed by atoms with Crippen LogP contribution in [0.1, 0.15) is 16.7 Å². The number of thioether (sulfide) groups is 1. The number of aliphatic imine (C=N–C) groups is 1. The summed E-state index contributed by atoms with van der Waals surface area (Å²) in [6.45, 7) is 3.63. The van der Waals surface area contributed by atoms with Gasteiger partial charge in [-0.1, -0.05) is 12.1 Å². The van der Waals surface area contributed by atoms with E-state index in [9.17, 15) is 9.59 Å². The standard InChI is InChI=1S/C20H16I2N2O4S/c1-10-4-3-5-15(11(10)2)23-20-24-19(27)16(29-20)8-12-6-13(21)18(14(22)7-12)28-9-17(25)26/h3-8H,9H2,1-2H3,(H,25,26)(H,23,24,27)/b16-8-. The minimum absolute atomic E-state index is 0.199. The van der Waals surface area contributed by atoms with Gasteiger partial charge in [-0.05, 0) is 112 Å². The van der Waals surface area contributed by atoms with Gasteiger partial charge in [0, 0.05) is 0 Å². The maximum absolute atomic E-state index is 12.4. The zero-order valence-corrected chi connectivity index (χ0v) is 20.6. The van der Waals surface area contributed by atoms with E-state index in [0.717, 1.165) is 29.5 Å². The van der Waals surface area contributed by atoms with Crippen molar-refractivity contribution in [3.8, 4) is 5.75 Å². The van der Waals surface area contributed by atoms with Crippen LogP contribution in [0, 0.1) is 21.0 Å². The number of amidine groups is 1. The van der Waals surface area contributed by atoms with Crippen LogP contribution in [0.15, 0.2) is 40.2 Å². The van der Waals surface area contributed by atoms with E-state index in [1.165, 1.54) is 11.8 Å². The van der Waals surface area contributed by atoms with E-state index in [1.54, 1.807) is 6.08 Å². The molecule has 9 heteroatoms. The first-order valence-corrected chi connectivity index (χ1v) is 11.4. The van der Waals surface area contributed by atoms with Crippen LogP contribution in [0.2, 0.25) is 0 Å².